The molecule has 30 heavy (non-hydrogen) atoms. The van der Waals surface area contributed by atoms with Gasteiger partial charge < -0.3 is 5.32 Å². The zero-order valence-electron chi connectivity index (χ0n) is 17.1. The van der Waals surface area contributed by atoms with Crippen LogP contribution in [0.5, 0.6) is 0 Å². The molecule has 4 nitrogen and oxygen atoms in total. The van der Waals surface area contributed by atoms with Crippen LogP contribution in [0.4, 0.5) is 4.39 Å². The lowest BCUT2D eigenvalue weighted by atomic mass is 10.0. The Kier molecular flexibility index (Phi) is 7.57. The van der Waals surface area contributed by atoms with Crippen LogP contribution >= 0.6 is 11.3 Å². The molecular formula is C24H27FN2O2S. The van der Waals surface area contributed by atoms with Crippen LogP contribution < -0.4 is 5.32 Å². The first-order chi connectivity index (χ1) is 14.5. The number of amides is 2. The minimum absolute atomic E-state index is 0.0204. The topological polar surface area (TPSA) is 49.4 Å². The first-order valence-corrected chi connectivity index (χ1v) is 11.1. The lowest BCUT2D eigenvalue weighted by molar-refractivity contribution is -0.138. The quantitative estimate of drug-likeness (QED) is 0.582. The van der Waals surface area contributed by atoms with Gasteiger partial charge in [0.15, 0.2) is 0 Å². The van der Waals surface area contributed by atoms with E-state index in [0.717, 1.165) is 30.6 Å². The van der Waals surface area contributed by atoms with E-state index in [-0.39, 0.29) is 30.0 Å². The van der Waals surface area contributed by atoms with Crippen LogP contribution in [0.25, 0.3) is 0 Å². The molecule has 1 aromatic carbocycles. The van der Waals surface area contributed by atoms with Crippen LogP contribution in [-0.4, -0.2) is 22.8 Å². The summed E-state index contributed by atoms with van der Waals surface area (Å²) >= 11 is 1.45. The molecule has 158 valence electrons. The highest BCUT2D eigenvalue weighted by Crippen LogP contribution is 2.30. The van der Waals surface area contributed by atoms with E-state index in [4.69, 9.17) is 0 Å². The predicted molar refractivity (Wildman–Crippen MR) is 118 cm³/mol. The van der Waals surface area contributed by atoms with E-state index in [0.29, 0.717) is 5.56 Å². The number of halogens is 1. The minimum atomic E-state index is -0.974. The Balaban J connectivity index is 2.02. The average Bonchev–Trinajstić information content (AvgIpc) is 3.42. The van der Waals surface area contributed by atoms with Crippen LogP contribution in [0.2, 0.25) is 0 Å². The van der Waals surface area contributed by atoms with Gasteiger partial charge in [-0.3, -0.25) is 14.5 Å². The predicted octanol–water partition coefficient (Wildman–Crippen LogP) is 5.31. The smallest absolute Gasteiger partial charge is 0.248 e. The van der Waals surface area contributed by atoms with Crippen LogP contribution in [-0.2, 0) is 16.0 Å². The SMILES string of the molecule is C=CC(=C(C)F)N(C(=O)Cc1cccs1)C(C(=O)NC1CCCC1)c1ccccc1. The number of hydrogen-bond acceptors (Lipinski definition) is 3. The summed E-state index contributed by atoms with van der Waals surface area (Å²) in [6.45, 7) is 4.98. The van der Waals surface area contributed by atoms with Crippen molar-refractivity contribution in [3.05, 3.63) is 82.5 Å². The van der Waals surface area contributed by atoms with Crippen molar-refractivity contribution in [1.29, 1.82) is 0 Å². The number of hydrogen-bond donors (Lipinski definition) is 1. The Bertz CT molecular complexity index is 899. The van der Waals surface area contributed by atoms with Crippen molar-refractivity contribution >= 4 is 23.2 Å². The van der Waals surface area contributed by atoms with Crippen LogP contribution in [0.1, 0.15) is 49.1 Å². The number of nitrogens with zero attached hydrogens (tertiary/aromatic N) is 1. The maximum Gasteiger partial charge on any atom is 0.248 e. The molecule has 0 bridgehead atoms. The van der Waals surface area contributed by atoms with E-state index in [9.17, 15) is 14.0 Å². The average molecular weight is 427 g/mol. The molecule has 2 aromatic rings. The summed E-state index contributed by atoms with van der Waals surface area (Å²) in [5, 5.41) is 4.97. The first kappa shape index (κ1) is 22.0. The van der Waals surface area contributed by atoms with Crippen LogP contribution in [0.3, 0.4) is 0 Å². The highest BCUT2D eigenvalue weighted by Gasteiger charge is 2.35. The molecule has 1 heterocycles. The summed E-state index contributed by atoms with van der Waals surface area (Å²) in [6, 6.07) is 11.9. The lowest BCUT2D eigenvalue weighted by Crippen LogP contribution is -2.46. The molecule has 1 aromatic heterocycles. The summed E-state index contributed by atoms with van der Waals surface area (Å²) in [7, 11) is 0. The fourth-order valence-corrected chi connectivity index (χ4v) is 4.57. The van der Waals surface area contributed by atoms with Crippen LogP contribution in [0, 0.1) is 0 Å². The van der Waals surface area contributed by atoms with E-state index >= 15 is 0 Å². The summed E-state index contributed by atoms with van der Waals surface area (Å²) in [5.74, 6) is -1.20. The van der Waals surface area contributed by atoms with Gasteiger partial charge in [-0.05, 0) is 42.9 Å². The molecule has 1 fully saturated rings. The monoisotopic (exact) mass is 426 g/mol. The van der Waals surface area contributed by atoms with E-state index in [1.807, 2.05) is 35.7 Å². The zero-order valence-corrected chi connectivity index (χ0v) is 18.0. The van der Waals surface area contributed by atoms with Crippen molar-refractivity contribution < 1.29 is 14.0 Å². The van der Waals surface area contributed by atoms with Gasteiger partial charge in [0.05, 0.1) is 12.1 Å². The molecule has 3 rings (SSSR count). The third kappa shape index (κ3) is 5.25. The molecule has 0 aliphatic heterocycles. The van der Waals surface area contributed by atoms with E-state index < -0.39 is 11.9 Å². The minimum Gasteiger partial charge on any atom is -0.351 e. The largest absolute Gasteiger partial charge is 0.351 e. The van der Waals surface area contributed by atoms with Crippen molar-refractivity contribution in [3.8, 4) is 0 Å². The van der Waals surface area contributed by atoms with Gasteiger partial charge in [-0.15, -0.1) is 11.3 Å². The molecule has 1 aliphatic rings. The van der Waals surface area contributed by atoms with Crippen molar-refractivity contribution in [2.75, 3.05) is 0 Å². The molecule has 0 spiro atoms. The Labute approximate surface area is 181 Å². The molecule has 0 saturated heterocycles. The number of rotatable bonds is 8. The highest BCUT2D eigenvalue weighted by molar-refractivity contribution is 7.10. The molecule has 6 heteroatoms. The lowest BCUT2D eigenvalue weighted by Gasteiger charge is -2.33. The second kappa shape index (κ2) is 10.3. The fraction of sp³-hybridized carbons (Fsp3) is 0.333. The second-order valence-electron chi connectivity index (χ2n) is 7.45. The zero-order chi connectivity index (χ0) is 21.5. The Morgan fingerprint density at radius 3 is 2.50 bits per heavy atom. The molecule has 1 N–H and O–H groups in total. The van der Waals surface area contributed by atoms with Gasteiger partial charge in [0.25, 0.3) is 0 Å². The number of carbonyl (C=O) groups is 2. The van der Waals surface area contributed by atoms with E-state index in [1.165, 1.54) is 29.2 Å². The number of thiophene rings is 1. The van der Waals surface area contributed by atoms with Crippen molar-refractivity contribution in [1.82, 2.24) is 10.2 Å². The first-order valence-electron chi connectivity index (χ1n) is 10.2. The molecule has 1 saturated carbocycles. The third-order valence-corrected chi connectivity index (χ3v) is 6.18. The van der Waals surface area contributed by atoms with Gasteiger partial charge in [0.2, 0.25) is 11.8 Å². The van der Waals surface area contributed by atoms with Gasteiger partial charge in [-0.25, -0.2) is 4.39 Å². The molecule has 0 radical (unpaired) electrons. The third-order valence-electron chi connectivity index (χ3n) is 5.30. The summed E-state index contributed by atoms with van der Waals surface area (Å²) in [6.07, 6.45) is 5.38. The Morgan fingerprint density at radius 1 is 1.23 bits per heavy atom. The Morgan fingerprint density at radius 2 is 1.93 bits per heavy atom. The molecule has 1 aliphatic carbocycles. The fourth-order valence-electron chi connectivity index (χ4n) is 3.87. The van der Waals surface area contributed by atoms with Gasteiger partial charge in [0.1, 0.15) is 11.9 Å². The normalized spacial score (nSPS) is 15.9. The molecule has 1 unspecified atom stereocenters. The number of nitrogens with one attached hydrogen (secondary N) is 1. The number of carbonyl (C=O) groups excluding carboxylic acids is 2. The summed E-state index contributed by atoms with van der Waals surface area (Å²) in [5.41, 5.74) is 0.653. The number of benzene rings is 1. The van der Waals surface area contributed by atoms with Gasteiger partial charge in [-0.2, -0.15) is 0 Å². The van der Waals surface area contributed by atoms with Crippen molar-refractivity contribution in [3.63, 3.8) is 0 Å². The summed E-state index contributed by atoms with van der Waals surface area (Å²) in [4.78, 5) is 28.9. The molecule has 1 atom stereocenters. The maximum atomic E-state index is 14.5. The van der Waals surface area contributed by atoms with Gasteiger partial charge >= 0.3 is 0 Å². The highest BCUT2D eigenvalue weighted by atomic mass is 32.1. The molecular weight excluding hydrogens is 399 g/mol. The Hall–Kier alpha value is -2.73. The van der Waals surface area contributed by atoms with Gasteiger partial charge in [0, 0.05) is 10.9 Å². The van der Waals surface area contributed by atoms with E-state index in [1.54, 1.807) is 12.1 Å². The summed E-state index contributed by atoms with van der Waals surface area (Å²) < 4.78 is 14.5. The number of allylic oxidation sites excluding steroid dienone is 2. The van der Waals surface area contributed by atoms with E-state index in [2.05, 4.69) is 11.9 Å². The second-order valence-corrected chi connectivity index (χ2v) is 8.48. The standard InChI is InChI=1S/C24H27FN2O2S/c1-3-21(17(2)25)27(22(28)16-20-14-9-15-30-20)23(18-10-5-4-6-11-18)24(29)26-19-12-7-8-13-19/h3-6,9-11,14-15,19,23H,1,7-8,12-13,16H2,2H3,(H,26,29). The molecule has 2 amide bonds. The van der Waals surface area contributed by atoms with Gasteiger partial charge in [-0.1, -0.05) is 55.8 Å². The maximum absolute atomic E-state index is 14.5. The van der Waals surface area contributed by atoms with Crippen molar-refractivity contribution in [2.24, 2.45) is 0 Å². The van der Waals surface area contributed by atoms with Crippen molar-refractivity contribution in [2.45, 2.75) is 51.1 Å². The van der Waals surface area contributed by atoms with Crippen LogP contribution in [0.15, 0.2) is 72.0 Å².